The van der Waals surface area contributed by atoms with Gasteiger partial charge in [0.2, 0.25) is 0 Å². The lowest BCUT2D eigenvalue weighted by molar-refractivity contribution is 0.596. The molecule has 114 valence electrons. The highest BCUT2D eigenvalue weighted by Gasteiger charge is 2.15. The highest BCUT2D eigenvalue weighted by Crippen LogP contribution is 2.25. The summed E-state index contributed by atoms with van der Waals surface area (Å²) >= 11 is 0. The molecule has 0 saturated carbocycles. The van der Waals surface area contributed by atoms with Crippen LogP contribution in [0.4, 0.5) is 5.69 Å². The van der Waals surface area contributed by atoms with Crippen LogP contribution in [0.25, 0.3) is 0 Å². The Bertz CT molecular complexity index is 559. The summed E-state index contributed by atoms with van der Waals surface area (Å²) in [7, 11) is 4.14. The van der Waals surface area contributed by atoms with Crippen molar-refractivity contribution in [3.05, 3.63) is 47.8 Å². The molecule has 0 amide bonds. The van der Waals surface area contributed by atoms with Crippen LogP contribution in [-0.2, 0) is 6.54 Å². The van der Waals surface area contributed by atoms with Gasteiger partial charge >= 0.3 is 0 Å². The molecule has 21 heavy (non-hydrogen) atoms. The normalized spacial score (nSPS) is 12.4. The molecule has 1 N–H and O–H groups in total. The fraction of sp³-hybridized carbons (Fsp3) is 0.471. The fourth-order valence-electron chi connectivity index (χ4n) is 2.40. The lowest BCUT2D eigenvalue weighted by Gasteiger charge is -2.20. The molecule has 0 saturated heterocycles. The molecule has 2 aromatic rings. The van der Waals surface area contributed by atoms with Crippen molar-refractivity contribution >= 4 is 5.69 Å². The van der Waals surface area contributed by atoms with E-state index in [1.165, 1.54) is 16.8 Å². The summed E-state index contributed by atoms with van der Waals surface area (Å²) in [6.45, 7) is 6.19. The summed E-state index contributed by atoms with van der Waals surface area (Å²) in [5.41, 5.74) is 3.73. The van der Waals surface area contributed by atoms with E-state index in [1.807, 2.05) is 10.9 Å². The molecular weight excluding hydrogens is 260 g/mol. The van der Waals surface area contributed by atoms with E-state index in [-0.39, 0.29) is 6.04 Å². The molecule has 0 fully saturated rings. The van der Waals surface area contributed by atoms with Crippen LogP contribution in [0, 0.1) is 0 Å². The van der Waals surface area contributed by atoms with E-state index in [1.54, 1.807) is 0 Å². The number of hydrogen-bond acceptors (Lipinski definition) is 3. The third-order valence-electron chi connectivity index (χ3n) is 3.63. The van der Waals surface area contributed by atoms with Gasteiger partial charge in [0.1, 0.15) is 0 Å². The van der Waals surface area contributed by atoms with Crippen molar-refractivity contribution < 1.29 is 0 Å². The van der Waals surface area contributed by atoms with Gasteiger partial charge in [-0.1, -0.05) is 19.1 Å². The number of rotatable bonds is 7. The molecule has 0 radical (unpaired) electrons. The number of aryl methyl sites for hydroxylation is 1. The van der Waals surface area contributed by atoms with Crippen LogP contribution in [0.3, 0.4) is 0 Å². The lowest BCUT2D eigenvalue weighted by atomic mass is 10.0. The second kappa shape index (κ2) is 7.27. The predicted octanol–water partition coefficient (Wildman–Crippen LogP) is 3.06. The monoisotopic (exact) mass is 286 g/mol. The molecular formula is C17H26N4. The maximum absolute atomic E-state index is 4.41. The van der Waals surface area contributed by atoms with Gasteiger partial charge in [0.15, 0.2) is 0 Å². The largest absolute Gasteiger partial charge is 0.378 e. The van der Waals surface area contributed by atoms with Crippen LogP contribution < -0.4 is 10.2 Å². The van der Waals surface area contributed by atoms with Crippen LogP contribution in [-0.4, -0.2) is 30.4 Å². The maximum atomic E-state index is 4.41. The molecule has 4 nitrogen and oxygen atoms in total. The van der Waals surface area contributed by atoms with Gasteiger partial charge in [-0.05, 0) is 37.6 Å². The van der Waals surface area contributed by atoms with Crippen molar-refractivity contribution in [2.75, 3.05) is 25.5 Å². The van der Waals surface area contributed by atoms with Crippen molar-refractivity contribution in [1.29, 1.82) is 0 Å². The Morgan fingerprint density at radius 2 is 2.05 bits per heavy atom. The minimum Gasteiger partial charge on any atom is -0.378 e. The number of nitrogens with zero attached hydrogens (tertiary/aromatic N) is 3. The van der Waals surface area contributed by atoms with Crippen LogP contribution in [0.15, 0.2) is 36.7 Å². The first-order chi connectivity index (χ1) is 10.2. The molecule has 0 aliphatic carbocycles. The standard InChI is InChI=1S/C17H26N4/c1-5-10-18-17(15-12-19-21(6-2)13-15)14-8-7-9-16(11-14)20(3)4/h7-9,11-13,17-18H,5-6,10H2,1-4H3. The zero-order valence-corrected chi connectivity index (χ0v) is 13.5. The molecule has 1 aromatic carbocycles. The molecule has 0 aliphatic rings. The first-order valence-corrected chi connectivity index (χ1v) is 7.68. The molecule has 0 spiro atoms. The molecule has 1 atom stereocenters. The Kier molecular flexibility index (Phi) is 5.39. The zero-order valence-electron chi connectivity index (χ0n) is 13.5. The minimum absolute atomic E-state index is 0.199. The average molecular weight is 286 g/mol. The summed E-state index contributed by atoms with van der Waals surface area (Å²) in [5, 5.41) is 8.05. The van der Waals surface area contributed by atoms with E-state index in [0.29, 0.717) is 0 Å². The first-order valence-electron chi connectivity index (χ1n) is 7.68. The fourth-order valence-corrected chi connectivity index (χ4v) is 2.40. The predicted molar refractivity (Wildman–Crippen MR) is 88.8 cm³/mol. The third kappa shape index (κ3) is 3.85. The van der Waals surface area contributed by atoms with Crippen molar-refractivity contribution in [3.63, 3.8) is 0 Å². The highest BCUT2D eigenvalue weighted by molar-refractivity contribution is 5.49. The van der Waals surface area contributed by atoms with E-state index in [4.69, 9.17) is 0 Å². The second-order valence-electron chi connectivity index (χ2n) is 5.51. The van der Waals surface area contributed by atoms with Gasteiger partial charge in [-0.15, -0.1) is 0 Å². The number of benzene rings is 1. The molecule has 0 bridgehead atoms. The molecule has 0 aliphatic heterocycles. The van der Waals surface area contributed by atoms with Crippen LogP contribution in [0.5, 0.6) is 0 Å². The number of nitrogens with one attached hydrogen (secondary N) is 1. The Hall–Kier alpha value is -1.81. The van der Waals surface area contributed by atoms with E-state index in [9.17, 15) is 0 Å². The molecule has 4 heteroatoms. The van der Waals surface area contributed by atoms with Gasteiger partial charge in [-0.2, -0.15) is 5.10 Å². The Balaban J connectivity index is 2.32. The Labute approximate surface area is 127 Å². The minimum atomic E-state index is 0.199. The molecule has 1 heterocycles. The van der Waals surface area contributed by atoms with Crippen molar-refractivity contribution in [2.45, 2.75) is 32.9 Å². The van der Waals surface area contributed by atoms with E-state index in [2.05, 4.69) is 73.7 Å². The second-order valence-corrected chi connectivity index (χ2v) is 5.51. The zero-order chi connectivity index (χ0) is 15.2. The van der Waals surface area contributed by atoms with Crippen LogP contribution in [0.1, 0.15) is 37.4 Å². The van der Waals surface area contributed by atoms with Gasteiger partial charge in [-0.25, -0.2) is 0 Å². The summed E-state index contributed by atoms with van der Waals surface area (Å²) in [6.07, 6.45) is 5.22. The van der Waals surface area contributed by atoms with Gasteiger partial charge in [0, 0.05) is 38.1 Å². The van der Waals surface area contributed by atoms with E-state index >= 15 is 0 Å². The molecule has 1 unspecified atom stereocenters. The van der Waals surface area contributed by atoms with Gasteiger partial charge in [0.05, 0.1) is 12.2 Å². The Morgan fingerprint density at radius 3 is 2.67 bits per heavy atom. The summed E-state index contributed by atoms with van der Waals surface area (Å²) < 4.78 is 1.98. The molecule has 1 aromatic heterocycles. The number of hydrogen-bond donors (Lipinski definition) is 1. The van der Waals surface area contributed by atoms with Crippen molar-refractivity contribution in [3.8, 4) is 0 Å². The van der Waals surface area contributed by atoms with Crippen molar-refractivity contribution in [2.24, 2.45) is 0 Å². The SMILES string of the molecule is CCCNC(c1cccc(N(C)C)c1)c1cnn(CC)c1. The third-order valence-corrected chi connectivity index (χ3v) is 3.63. The van der Waals surface area contributed by atoms with Crippen LogP contribution >= 0.6 is 0 Å². The van der Waals surface area contributed by atoms with Crippen LogP contribution in [0.2, 0.25) is 0 Å². The quantitative estimate of drug-likeness (QED) is 0.849. The van der Waals surface area contributed by atoms with E-state index < -0.39 is 0 Å². The lowest BCUT2D eigenvalue weighted by Crippen LogP contribution is -2.23. The Morgan fingerprint density at radius 1 is 1.24 bits per heavy atom. The number of aromatic nitrogens is 2. The highest BCUT2D eigenvalue weighted by atomic mass is 15.3. The average Bonchev–Trinajstić information content (AvgIpc) is 2.97. The summed E-state index contributed by atoms with van der Waals surface area (Å²) in [4.78, 5) is 2.13. The smallest absolute Gasteiger partial charge is 0.0608 e. The van der Waals surface area contributed by atoms with E-state index in [0.717, 1.165) is 19.5 Å². The summed E-state index contributed by atoms with van der Waals surface area (Å²) in [6, 6.07) is 8.89. The topological polar surface area (TPSA) is 33.1 Å². The van der Waals surface area contributed by atoms with Gasteiger partial charge in [0.25, 0.3) is 0 Å². The van der Waals surface area contributed by atoms with Gasteiger partial charge in [-0.3, -0.25) is 4.68 Å². The van der Waals surface area contributed by atoms with Crippen molar-refractivity contribution in [1.82, 2.24) is 15.1 Å². The first kappa shape index (κ1) is 15.6. The van der Waals surface area contributed by atoms with Gasteiger partial charge < -0.3 is 10.2 Å². The number of anilines is 1. The molecule has 2 rings (SSSR count). The maximum Gasteiger partial charge on any atom is 0.0608 e. The summed E-state index contributed by atoms with van der Waals surface area (Å²) in [5.74, 6) is 0.